The summed E-state index contributed by atoms with van der Waals surface area (Å²) in [6.45, 7) is 3.67. The fraction of sp³-hybridized carbons (Fsp3) is 0.636. The van der Waals surface area contributed by atoms with Gasteiger partial charge in [0, 0.05) is 18.8 Å². The molecule has 3 nitrogen and oxygen atoms in total. The summed E-state index contributed by atoms with van der Waals surface area (Å²) in [7, 11) is 1.87. The van der Waals surface area contributed by atoms with Crippen LogP contribution in [0.5, 0.6) is 0 Å². The third-order valence-corrected chi connectivity index (χ3v) is 2.48. The molecular formula is C11H18F2N2O. The van der Waals surface area contributed by atoms with Crippen molar-refractivity contribution in [3.8, 4) is 0 Å². The van der Waals surface area contributed by atoms with Crippen LogP contribution in [-0.4, -0.2) is 37.6 Å². The zero-order valence-electron chi connectivity index (χ0n) is 9.84. The molecule has 1 rings (SSSR count). The lowest BCUT2D eigenvalue weighted by Crippen LogP contribution is -2.34. The smallest absolute Gasteiger partial charge is 0.272 e. The molecule has 1 unspecified atom stereocenters. The standard InChI is InChI=1S/C11H18F2N2O/c1-7-4-9(8(2)14)15(3)5-10(7)16-6-11(12)13/h4,8,11H,5-6,14H2,1-3H3. The van der Waals surface area contributed by atoms with Crippen LogP contribution in [0.4, 0.5) is 8.78 Å². The van der Waals surface area contributed by atoms with Crippen LogP contribution in [0.25, 0.3) is 0 Å². The number of allylic oxidation sites excluding steroid dienone is 2. The third-order valence-electron chi connectivity index (χ3n) is 2.48. The van der Waals surface area contributed by atoms with Crippen molar-refractivity contribution in [2.45, 2.75) is 26.3 Å². The molecule has 0 saturated carbocycles. The molecule has 0 amide bonds. The fourth-order valence-electron chi connectivity index (χ4n) is 1.65. The van der Waals surface area contributed by atoms with E-state index in [2.05, 4.69) is 0 Å². The predicted octanol–water partition coefficient (Wildman–Crippen LogP) is 1.72. The minimum absolute atomic E-state index is 0.0726. The van der Waals surface area contributed by atoms with Crippen LogP contribution in [0.3, 0.4) is 0 Å². The topological polar surface area (TPSA) is 38.5 Å². The SMILES string of the molecule is CC1=C(OCC(F)F)CN(C)C(C(C)N)=C1. The molecule has 1 heterocycles. The number of nitrogens with zero attached hydrogens (tertiary/aromatic N) is 1. The van der Waals surface area contributed by atoms with Crippen LogP contribution in [-0.2, 0) is 4.74 Å². The van der Waals surface area contributed by atoms with Gasteiger partial charge in [-0.3, -0.25) is 0 Å². The number of hydrogen-bond donors (Lipinski definition) is 1. The number of hydrogen-bond acceptors (Lipinski definition) is 3. The summed E-state index contributed by atoms with van der Waals surface area (Å²) in [5.74, 6) is 0.590. The van der Waals surface area contributed by atoms with Gasteiger partial charge in [0.15, 0.2) is 0 Å². The van der Waals surface area contributed by atoms with Gasteiger partial charge < -0.3 is 15.4 Å². The Hall–Kier alpha value is -1.10. The van der Waals surface area contributed by atoms with Gasteiger partial charge in [0.1, 0.15) is 12.4 Å². The molecule has 0 saturated heterocycles. The second kappa shape index (κ2) is 5.30. The molecular weight excluding hydrogens is 214 g/mol. The van der Waals surface area contributed by atoms with Gasteiger partial charge in [-0.25, -0.2) is 8.78 Å². The van der Waals surface area contributed by atoms with Crippen LogP contribution in [0.1, 0.15) is 13.8 Å². The van der Waals surface area contributed by atoms with E-state index in [-0.39, 0.29) is 6.04 Å². The van der Waals surface area contributed by atoms with Crippen molar-refractivity contribution in [1.29, 1.82) is 0 Å². The molecule has 0 radical (unpaired) electrons. The molecule has 2 N–H and O–H groups in total. The second-order valence-electron chi connectivity index (χ2n) is 4.02. The Morgan fingerprint density at radius 2 is 2.19 bits per heavy atom. The highest BCUT2D eigenvalue weighted by Gasteiger charge is 2.19. The van der Waals surface area contributed by atoms with Crippen molar-refractivity contribution < 1.29 is 13.5 Å². The number of halogens is 2. The first-order valence-electron chi connectivity index (χ1n) is 5.20. The van der Waals surface area contributed by atoms with Gasteiger partial charge in [0.2, 0.25) is 0 Å². The Morgan fingerprint density at radius 3 is 2.69 bits per heavy atom. The van der Waals surface area contributed by atoms with Crippen LogP contribution < -0.4 is 5.73 Å². The summed E-state index contributed by atoms with van der Waals surface area (Å²) in [5, 5.41) is 0. The average molecular weight is 232 g/mol. The molecule has 5 heteroatoms. The van der Waals surface area contributed by atoms with E-state index in [9.17, 15) is 8.78 Å². The Balaban J connectivity index is 2.75. The Kier molecular flexibility index (Phi) is 4.29. The van der Waals surface area contributed by atoms with E-state index in [0.717, 1.165) is 11.3 Å². The molecule has 1 atom stereocenters. The van der Waals surface area contributed by atoms with E-state index in [4.69, 9.17) is 10.5 Å². The van der Waals surface area contributed by atoms with E-state index in [1.165, 1.54) is 0 Å². The highest BCUT2D eigenvalue weighted by Crippen LogP contribution is 2.21. The van der Waals surface area contributed by atoms with Gasteiger partial charge in [0.25, 0.3) is 6.43 Å². The molecule has 92 valence electrons. The van der Waals surface area contributed by atoms with E-state index in [0.29, 0.717) is 12.3 Å². The van der Waals surface area contributed by atoms with Crippen molar-refractivity contribution in [1.82, 2.24) is 4.90 Å². The van der Waals surface area contributed by atoms with Gasteiger partial charge in [-0.1, -0.05) is 0 Å². The normalized spacial score (nSPS) is 18.9. The summed E-state index contributed by atoms with van der Waals surface area (Å²) in [6, 6.07) is -0.0726. The molecule has 0 spiro atoms. The van der Waals surface area contributed by atoms with Gasteiger partial charge in [-0.15, -0.1) is 0 Å². The summed E-state index contributed by atoms with van der Waals surface area (Å²) in [6.07, 6.45) is -0.556. The number of alkyl halides is 2. The Labute approximate surface area is 94.5 Å². The first-order chi connectivity index (χ1) is 7.41. The van der Waals surface area contributed by atoms with Crippen molar-refractivity contribution in [2.24, 2.45) is 5.73 Å². The quantitative estimate of drug-likeness (QED) is 0.802. The lowest BCUT2D eigenvalue weighted by molar-refractivity contribution is 0.0423. The molecule has 0 fully saturated rings. The van der Waals surface area contributed by atoms with Crippen LogP contribution in [0.2, 0.25) is 0 Å². The van der Waals surface area contributed by atoms with Crippen LogP contribution >= 0.6 is 0 Å². The van der Waals surface area contributed by atoms with Crippen LogP contribution in [0, 0.1) is 0 Å². The highest BCUT2D eigenvalue weighted by molar-refractivity contribution is 5.31. The predicted molar refractivity (Wildman–Crippen MR) is 59.0 cm³/mol. The number of nitrogens with two attached hydrogens (primary N) is 1. The lowest BCUT2D eigenvalue weighted by atomic mass is 10.1. The lowest BCUT2D eigenvalue weighted by Gasteiger charge is -2.31. The van der Waals surface area contributed by atoms with Gasteiger partial charge in [-0.2, -0.15) is 0 Å². The molecule has 16 heavy (non-hydrogen) atoms. The Morgan fingerprint density at radius 1 is 1.56 bits per heavy atom. The maximum absolute atomic E-state index is 12.0. The van der Waals surface area contributed by atoms with E-state index in [1.807, 2.05) is 31.9 Å². The summed E-state index contributed by atoms with van der Waals surface area (Å²) >= 11 is 0. The average Bonchev–Trinajstić information content (AvgIpc) is 2.18. The first-order valence-corrected chi connectivity index (χ1v) is 5.20. The minimum Gasteiger partial charge on any atom is -0.490 e. The Bertz CT molecular complexity index is 311. The molecule has 1 aliphatic rings. The van der Waals surface area contributed by atoms with Crippen molar-refractivity contribution in [3.63, 3.8) is 0 Å². The van der Waals surface area contributed by atoms with E-state index >= 15 is 0 Å². The van der Waals surface area contributed by atoms with E-state index in [1.54, 1.807) is 0 Å². The molecule has 0 bridgehead atoms. The zero-order valence-corrected chi connectivity index (χ0v) is 9.84. The maximum atomic E-state index is 12.0. The zero-order chi connectivity index (χ0) is 12.3. The summed E-state index contributed by atoms with van der Waals surface area (Å²) < 4.78 is 29.1. The number of ether oxygens (including phenoxy) is 1. The molecule has 0 aromatic carbocycles. The van der Waals surface area contributed by atoms with Gasteiger partial charge >= 0.3 is 0 Å². The second-order valence-corrected chi connectivity index (χ2v) is 4.02. The monoisotopic (exact) mass is 232 g/mol. The van der Waals surface area contributed by atoms with Gasteiger partial charge in [0.05, 0.1) is 6.54 Å². The van der Waals surface area contributed by atoms with Crippen molar-refractivity contribution >= 4 is 0 Å². The maximum Gasteiger partial charge on any atom is 0.272 e. The number of rotatable bonds is 4. The summed E-state index contributed by atoms with van der Waals surface area (Å²) in [5.41, 5.74) is 7.65. The van der Waals surface area contributed by atoms with E-state index < -0.39 is 13.0 Å². The van der Waals surface area contributed by atoms with Crippen molar-refractivity contribution in [2.75, 3.05) is 20.2 Å². The molecule has 0 aromatic heterocycles. The summed E-state index contributed by atoms with van der Waals surface area (Å²) in [4.78, 5) is 1.92. The first kappa shape index (κ1) is 13.0. The third kappa shape index (κ3) is 3.20. The largest absolute Gasteiger partial charge is 0.490 e. The fourth-order valence-corrected chi connectivity index (χ4v) is 1.65. The van der Waals surface area contributed by atoms with Gasteiger partial charge in [-0.05, 0) is 25.5 Å². The van der Waals surface area contributed by atoms with Crippen molar-refractivity contribution in [3.05, 3.63) is 23.1 Å². The number of likely N-dealkylation sites (N-methyl/N-ethyl adjacent to an activating group) is 1. The molecule has 1 aliphatic heterocycles. The van der Waals surface area contributed by atoms with Crippen LogP contribution in [0.15, 0.2) is 23.1 Å². The minimum atomic E-state index is -2.44. The molecule has 0 aliphatic carbocycles. The molecule has 0 aromatic rings. The highest BCUT2D eigenvalue weighted by atomic mass is 19.3.